The molecule has 0 unspecified atom stereocenters. The minimum Gasteiger partial charge on any atom is -0.508 e. The first kappa shape index (κ1) is 16.1. The van der Waals surface area contributed by atoms with Gasteiger partial charge in [0.05, 0.1) is 11.4 Å². The Morgan fingerprint density at radius 1 is 0.923 bits per heavy atom. The number of phenols is 1. The minimum atomic E-state index is 0.139. The van der Waals surface area contributed by atoms with Gasteiger partial charge in [0.15, 0.2) is 5.65 Å². The van der Waals surface area contributed by atoms with Gasteiger partial charge in [0.1, 0.15) is 11.4 Å². The maximum absolute atomic E-state index is 10.5. The van der Waals surface area contributed by atoms with Crippen molar-refractivity contribution in [2.24, 2.45) is 0 Å². The molecule has 0 radical (unpaired) electrons. The number of nitrogens with zero attached hydrogens (tertiary/aromatic N) is 3. The van der Waals surface area contributed by atoms with Crippen molar-refractivity contribution in [2.75, 3.05) is 0 Å². The summed E-state index contributed by atoms with van der Waals surface area (Å²) in [5.74, 6) is 0.318. The smallest absolute Gasteiger partial charge is 0.219 e. The van der Waals surface area contributed by atoms with E-state index in [4.69, 9.17) is 4.98 Å². The zero-order valence-corrected chi connectivity index (χ0v) is 14.4. The molecule has 0 bridgehead atoms. The second kappa shape index (κ2) is 6.52. The molecule has 5 heteroatoms. The van der Waals surface area contributed by atoms with E-state index in [1.54, 1.807) is 28.8 Å². The average Bonchev–Trinajstić information content (AvgIpc) is 2.99. The van der Waals surface area contributed by atoms with E-state index in [1.165, 1.54) is 0 Å². The molecule has 0 saturated heterocycles. The van der Waals surface area contributed by atoms with Crippen LogP contribution in [0.5, 0.6) is 11.6 Å². The van der Waals surface area contributed by atoms with E-state index >= 15 is 0 Å². The van der Waals surface area contributed by atoms with Crippen LogP contribution in [0, 0.1) is 0 Å². The van der Waals surface area contributed by atoms with Gasteiger partial charge in [-0.2, -0.15) is 0 Å². The number of fused-ring (bicyclic) bond motifs is 1. The molecule has 0 atom stereocenters. The quantitative estimate of drug-likeness (QED) is 0.587. The van der Waals surface area contributed by atoms with Gasteiger partial charge in [-0.3, -0.25) is 4.40 Å². The normalized spacial score (nSPS) is 11.1. The van der Waals surface area contributed by atoms with Gasteiger partial charge in [0.25, 0.3) is 0 Å². The van der Waals surface area contributed by atoms with Gasteiger partial charge in [0.2, 0.25) is 5.88 Å². The number of aryl methyl sites for hydroxylation is 1. The Bertz CT molecular complexity index is 1070. The lowest BCUT2D eigenvalue weighted by Gasteiger charge is -2.09. The van der Waals surface area contributed by atoms with Crippen molar-refractivity contribution in [2.45, 2.75) is 19.8 Å². The summed E-state index contributed by atoms with van der Waals surface area (Å²) >= 11 is 0. The third-order valence-corrected chi connectivity index (χ3v) is 4.41. The van der Waals surface area contributed by atoms with Crippen molar-refractivity contribution in [1.29, 1.82) is 0 Å². The maximum atomic E-state index is 10.5. The van der Waals surface area contributed by atoms with Crippen LogP contribution in [0.15, 0.2) is 60.8 Å². The molecule has 4 rings (SSSR count). The highest BCUT2D eigenvalue weighted by molar-refractivity contribution is 5.64. The molecule has 2 heterocycles. The van der Waals surface area contributed by atoms with Gasteiger partial charge >= 0.3 is 0 Å². The fourth-order valence-corrected chi connectivity index (χ4v) is 3.09. The summed E-state index contributed by atoms with van der Waals surface area (Å²) in [6.07, 6.45) is 3.01. The first-order valence-electron chi connectivity index (χ1n) is 8.59. The van der Waals surface area contributed by atoms with Crippen molar-refractivity contribution in [3.63, 3.8) is 0 Å². The third-order valence-electron chi connectivity index (χ3n) is 4.41. The van der Waals surface area contributed by atoms with Gasteiger partial charge < -0.3 is 10.2 Å². The summed E-state index contributed by atoms with van der Waals surface area (Å²) in [4.78, 5) is 9.37. The summed E-state index contributed by atoms with van der Waals surface area (Å²) in [6.45, 7) is 1.96. The molecule has 2 N–H and O–H groups in total. The van der Waals surface area contributed by atoms with Crippen LogP contribution in [0.3, 0.4) is 0 Å². The standard InChI is InChI=1S/C21H19N3O2/c1-2-17-21(26)24-13-19(15-9-6-10-16(25)12-15)22-18(20(24)23-17)11-14-7-4-3-5-8-14/h3-10,12-13,25-26H,2,11H2,1H3. The second-order valence-electron chi connectivity index (χ2n) is 6.21. The lowest BCUT2D eigenvalue weighted by Crippen LogP contribution is -2.00. The van der Waals surface area contributed by atoms with Crippen molar-refractivity contribution < 1.29 is 10.2 Å². The van der Waals surface area contributed by atoms with Gasteiger partial charge in [0, 0.05) is 18.2 Å². The summed E-state index contributed by atoms with van der Waals surface area (Å²) in [7, 11) is 0. The average molecular weight is 345 g/mol. The van der Waals surface area contributed by atoms with E-state index in [1.807, 2.05) is 43.3 Å². The van der Waals surface area contributed by atoms with Gasteiger partial charge in [-0.1, -0.05) is 49.4 Å². The number of aromatic nitrogens is 3. The van der Waals surface area contributed by atoms with Crippen LogP contribution in [0.2, 0.25) is 0 Å². The Labute approximate surface area is 151 Å². The van der Waals surface area contributed by atoms with E-state index in [9.17, 15) is 10.2 Å². The van der Waals surface area contributed by atoms with Crippen LogP contribution in [-0.4, -0.2) is 24.6 Å². The summed E-state index contributed by atoms with van der Waals surface area (Å²) in [5, 5.41) is 20.3. The summed E-state index contributed by atoms with van der Waals surface area (Å²) < 4.78 is 1.68. The summed E-state index contributed by atoms with van der Waals surface area (Å²) in [5.41, 5.74) is 4.67. The Morgan fingerprint density at radius 3 is 2.46 bits per heavy atom. The number of hydrogen-bond acceptors (Lipinski definition) is 4. The molecule has 0 fully saturated rings. The lowest BCUT2D eigenvalue weighted by molar-refractivity contribution is 0.441. The number of aromatic hydroxyl groups is 2. The number of phenolic OH excluding ortho intramolecular Hbond substituents is 1. The molecule has 0 spiro atoms. The Balaban J connectivity index is 1.92. The van der Waals surface area contributed by atoms with E-state index in [-0.39, 0.29) is 11.6 Å². The number of benzene rings is 2. The Hall–Kier alpha value is -3.34. The zero-order chi connectivity index (χ0) is 18.1. The van der Waals surface area contributed by atoms with Crippen LogP contribution in [-0.2, 0) is 12.8 Å². The predicted molar refractivity (Wildman–Crippen MR) is 100 cm³/mol. The monoisotopic (exact) mass is 345 g/mol. The predicted octanol–water partition coefficient (Wildman–Crippen LogP) is 3.96. The fraction of sp³-hybridized carbons (Fsp3) is 0.143. The highest BCUT2D eigenvalue weighted by Crippen LogP contribution is 2.28. The van der Waals surface area contributed by atoms with E-state index in [0.717, 1.165) is 16.8 Å². The topological polar surface area (TPSA) is 70.7 Å². The van der Waals surface area contributed by atoms with Crippen LogP contribution in [0.1, 0.15) is 23.9 Å². The van der Waals surface area contributed by atoms with Crippen LogP contribution >= 0.6 is 0 Å². The van der Waals surface area contributed by atoms with E-state index in [2.05, 4.69) is 4.98 Å². The van der Waals surface area contributed by atoms with Crippen LogP contribution < -0.4 is 0 Å². The Kier molecular flexibility index (Phi) is 4.05. The molecular formula is C21H19N3O2. The minimum absolute atomic E-state index is 0.139. The second-order valence-corrected chi connectivity index (χ2v) is 6.21. The first-order chi connectivity index (χ1) is 12.7. The van der Waals surface area contributed by atoms with Crippen LogP contribution in [0.25, 0.3) is 16.9 Å². The number of hydrogen-bond donors (Lipinski definition) is 2. The molecule has 26 heavy (non-hydrogen) atoms. The molecular weight excluding hydrogens is 326 g/mol. The largest absolute Gasteiger partial charge is 0.508 e. The van der Waals surface area contributed by atoms with Crippen molar-refractivity contribution >= 4 is 5.65 Å². The van der Waals surface area contributed by atoms with Gasteiger partial charge in [-0.05, 0) is 24.1 Å². The van der Waals surface area contributed by atoms with Gasteiger partial charge in [-0.25, -0.2) is 9.97 Å². The van der Waals surface area contributed by atoms with E-state index in [0.29, 0.717) is 29.9 Å². The fourth-order valence-electron chi connectivity index (χ4n) is 3.09. The zero-order valence-electron chi connectivity index (χ0n) is 14.4. The van der Waals surface area contributed by atoms with Gasteiger partial charge in [-0.15, -0.1) is 0 Å². The number of rotatable bonds is 4. The molecule has 2 aromatic carbocycles. The molecule has 0 aliphatic carbocycles. The molecule has 2 aromatic heterocycles. The molecule has 0 saturated carbocycles. The highest BCUT2D eigenvalue weighted by Gasteiger charge is 2.16. The van der Waals surface area contributed by atoms with Crippen molar-refractivity contribution in [3.05, 3.63) is 77.7 Å². The molecule has 0 aliphatic rings. The molecule has 4 aromatic rings. The molecule has 0 amide bonds. The number of imidazole rings is 1. The molecule has 0 aliphatic heterocycles. The van der Waals surface area contributed by atoms with Crippen molar-refractivity contribution in [3.8, 4) is 22.9 Å². The summed E-state index contributed by atoms with van der Waals surface area (Å²) in [6, 6.07) is 17.0. The molecule has 5 nitrogen and oxygen atoms in total. The SMILES string of the molecule is CCc1nc2c(Cc3ccccc3)nc(-c3cccc(O)c3)cn2c1O. The lowest BCUT2D eigenvalue weighted by atomic mass is 10.1. The maximum Gasteiger partial charge on any atom is 0.219 e. The van der Waals surface area contributed by atoms with E-state index < -0.39 is 0 Å². The van der Waals surface area contributed by atoms with Crippen LogP contribution in [0.4, 0.5) is 0 Å². The van der Waals surface area contributed by atoms with Crippen molar-refractivity contribution in [1.82, 2.24) is 14.4 Å². The first-order valence-corrected chi connectivity index (χ1v) is 8.59. The molecule has 130 valence electrons. The Morgan fingerprint density at radius 2 is 1.73 bits per heavy atom. The third kappa shape index (κ3) is 2.88. The highest BCUT2D eigenvalue weighted by atomic mass is 16.3.